The van der Waals surface area contributed by atoms with Crippen molar-refractivity contribution < 1.29 is 13.9 Å². The first-order chi connectivity index (χ1) is 16.9. The third-order valence-electron chi connectivity index (χ3n) is 5.53. The topological polar surface area (TPSA) is 67.8 Å². The van der Waals surface area contributed by atoms with Gasteiger partial charge in [-0.15, -0.1) is 0 Å². The fourth-order valence-corrected chi connectivity index (χ4v) is 4.53. The van der Waals surface area contributed by atoms with Crippen LogP contribution in [0.3, 0.4) is 0 Å². The highest BCUT2D eigenvalue weighted by Gasteiger charge is 2.23. The molecule has 0 aliphatic rings. The number of nitrogens with zero attached hydrogens (tertiary/aromatic N) is 2. The lowest BCUT2D eigenvalue weighted by atomic mass is 9.97. The van der Waals surface area contributed by atoms with Crippen molar-refractivity contribution in [3.63, 3.8) is 0 Å². The molecule has 0 aliphatic heterocycles. The third kappa shape index (κ3) is 5.25. The Kier molecular flexibility index (Phi) is 7.57. The predicted octanol–water partition coefficient (Wildman–Crippen LogP) is 7.86. The molecule has 0 aliphatic carbocycles. The van der Waals surface area contributed by atoms with Gasteiger partial charge in [0, 0.05) is 17.3 Å². The van der Waals surface area contributed by atoms with E-state index in [0.29, 0.717) is 29.4 Å². The summed E-state index contributed by atoms with van der Waals surface area (Å²) in [6.07, 6.45) is 1.68. The first-order valence-electron chi connectivity index (χ1n) is 11.2. The molecule has 1 aromatic heterocycles. The lowest BCUT2D eigenvalue weighted by Crippen LogP contribution is -1.99. The van der Waals surface area contributed by atoms with E-state index in [0.717, 1.165) is 37.0 Å². The SMILES string of the molecule is CCOc1c(I)cc(C=Nc2oc(-c3ccc(C)cc3)c(-c3ccc(C)cc3)c2C#N)cc1OC. The van der Waals surface area contributed by atoms with E-state index in [1.165, 1.54) is 0 Å². The number of aryl methyl sites for hydroxylation is 2. The zero-order chi connectivity index (χ0) is 24.9. The molecule has 0 radical (unpaired) electrons. The predicted molar refractivity (Wildman–Crippen MR) is 148 cm³/mol. The number of hydrogen-bond acceptors (Lipinski definition) is 5. The quantitative estimate of drug-likeness (QED) is 0.166. The van der Waals surface area contributed by atoms with Gasteiger partial charge in [0.1, 0.15) is 17.4 Å². The summed E-state index contributed by atoms with van der Waals surface area (Å²) in [5, 5.41) is 10.1. The average molecular weight is 576 g/mol. The molecule has 6 heteroatoms. The lowest BCUT2D eigenvalue weighted by molar-refractivity contribution is 0.308. The zero-order valence-electron chi connectivity index (χ0n) is 20.1. The van der Waals surface area contributed by atoms with Gasteiger partial charge in [-0.05, 0) is 66.6 Å². The first-order valence-corrected chi connectivity index (χ1v) is 12.3. The summed E-state index contributed by atoms with van der Waals surface area (Å²) in [5.74, 6) is 2.21. The van der Waals surface area contributed by atoms with Crippen molar-refractivity contribution >= 4 is 34.7 Å². The van der Waals surface area contributed by atoms with E-state index in [1.54, 1.807) is 13.3 Å². The van der Waals surface area contributed by atoms with Gasteiger partial charge in [-0.1, -0.05) is 59.7 Å². The van der Waals surface area contributed by atoms with Crippen LogP contribution >= 0.6 is 22.6 Å². The number of furan rings is 1. The molecule has 0 bridgehead atoms. The van der Waals surface area contributed by atoms with Crippen molar-refractivity contribution in [2.45, 2.75) is 20.8 Å². The summed E-state index contributed by atoms with van der Waals surface area (Å²) >= 11 is 2.21. The number of rotatable bonds is 7. The van der Waals surface area contributed by atoms with Crippen molar-refractivity contribution in [3.05, 3.63) is 86.5 Å². The normalized spacial score (nSPS) is 11.0. The van der Waals surface area contributed by atoms with Gasteiger partial charge < -0.3 is 13.9 Å². The van der Waals surface area contributed by atoms with Gasteiger partial charge in [0.25, 0.3) is 0 Å². The standard InChI is InChI=1S/C29H25IN2O3/c1-5-34-28-24(30)14-20(15-25(28)33-4)17-32-29-23(16-31)26(21-10-6-18(2)7-11-21)27(35-29)22-12-8-19(3)9-13-22/h6-15,17H,5H2,1-4H3. The van der Waals surface area contributed by atoms with Gasteiger partial charge in [0.15, 0.2) is 11.5 Å². The maximum atomic E-state index is 10.1. The van der Waals surface area contributed by atoms with Gasteiger partial charge in [-0.3, -0.25) is 0 Å². The Morgan fingerprint density at radius 2 is 1.63 bits per heavy atom. The Hall–Kier alpha value is -3.57. The highest BCUT2D eigenvalue weighted by atomic mass is 127. The minimum Gasteiger partial charge on any atom is -0.493 e. The van der Waals surface area contributed by atoms with Crippen LogP contribution in [0.2, 0.25) is 0 Å². The summed E-state index contributed by atoms with van der Waals surface area (Å²) in [4.78, 5) is 4.59. The van der Waals surface area contributed by atoms with E-state index < -0.39 is 0 Å². The third-order valence-corrected chi connectivity index (χ3v) is 6.33. The van der Waals surface area contributed by atoms with Gasteiger partial charge in [0.05, 0.1) is 17.3 Å². The Morgan fingerprint density at radius 1 is 1.00 bits per heavy atom. The maximum Gasteiger partial charge on any atom is 0.238 e. The molecule has 0 amide bonds. The number of hydrogen-bond donors (Lipinski definition) is 0. The summed E-state index contributed by atoms with van der Waals surface area (Å²) in [6.45, 7) is 6.55. The molecule has 5 nitrogen and oxygen atoms in total. The van der Waals surface area contributed by atoms with Crippen LogP contribution in [-0.2, 0) is 0 Å². The van der Waals surface area contributed by atoms with Gasteiger partial charge in [-0.2, -0.15) is 5.26 Å². The largest absolute Gasteiger partial charge is 0.493 e. The molecule has 0 atom stereocenters. The molecule has 35 heavy (non-hydrogen) atoms. The summed E-state index contributed by atoms with van der Waals surface area (Å²) < 4.78 is 18.4. The molecule has 0 saturated heterocycles. The highest BCUT2D eigenvalue weighted by molar-refractivity contribution is 14.1. The fourth-order valence-electron chi connectivity index (χ4n) is 3.75. The zero-order valence-corrected chi connectivity index (χ0v) is 22.2. The summed E-state index contributed by atoms with van der Waals surface area (Å²) in [6, 6.07) is 22.3. The van der Waals surface area contributed by atoms with Gasteiger partial charge >= 0.3 is 0 Å². The van der Waals surface area contributed by atoms with Crippen LogP contribution < -0.4 is 9.47 Å². The van der Waals surface area contributed by atoms with Crippen LogP contribution in [0.4, 0.5) is 5.88 Å². The molecule has 3 aromatic carbocycles. The smallest absolute Gasteiger partial charge is 0.238 e. The van der Waals surface area contributed by atoms with Crippen molar-refractivity contribution in [1.82, 2.24) is 0 Å². The Morgan fingerprint density at radius 3 is 2.20 bits per heavy atom. The highest BCUT2D eigenvalue weighted by Crippen LogP contribution is 2.43. The van der Waals surface area contributed by atoms with Crippen molar-refractivity contribution in [1.29, 1.82) is 5.26 Å². The molecule has 4 rings (SSSR count). The molecule has 0 saturated carbocycles. The second-order valence-corrected chi connectivity index (χ2v) is 9.22. The molecule has 176 valence electrons. The van der Waals surface area contributed by atoms with Crippen LogP contribution in [0.25, 0.3) is 22.5 Å². The molecule has 0 spiro atoms. The molecular formula is C29H25IN2O3. The molecule has 4 aromatic rings. The fraction of sp³-hybridized carbons (Fsp3) is 0.172. The summed E-state index contributed by atoms with van der Waals surface area (Å²) in [5.41, 5.74) is 6.03. The van der Waals surface area contributed by atoms with E-state index in [4.69, 9.17) is 13.9 Å². The van der Waals surface area contributed by atoms with Crippen LogP contribution in [0.5, 0.6) is 11.5 Å². The monoisotopic (exact) mass is 576 g/mol. The molecule has 1 heterocycles. The van der Waals surface area contributed by atoms with Crippen LogP contribution in [-0.4, -0.2) is 19.9 Å². The number of benzene rings is 3. The van der Waals surface area contributed by atoms with E-state index in [-0.39, 0.29) is 5.88 Å². The number of halogens is 1. The number of nitriles is 1. The number of aliphatic imine (C=N–C) groups is 1. The molecule has 0 unspecified atom stereocenters. The minimum atomic E-state index is 0.265. The van der Waals surface area contributed by atoms with Crippen molar-refractivity contribution in [3.8, 4) is 40.0 Å². The molecular weight excluding hydrogens is 551 g/mol. The maximum absolute atomic E-state index is 10.1. The molecule has 0 N–H and O–H groups in total. The van der Waals surface area contributed by atoms with Gasteiger partial charge in [0.2, 0.25) is 5.88 Å². The van der Waals surface area contributed by atoms with E-state index in [1.807, 2.05) is 81.4 Å². The van der Waals surface area contributed by atoms with Gasteiger partial charge in [-0.25, -0.2) is 4.99 Å². The number of ether oxygens (including phenoxy) is 2. The number of methoxy groups -OCH3 is 1. The van der Waals surface area contributed by atoms with Crippen molar-refractivity contribution in [2.24, 2.45) is 4.99 Å². The Balaban J connectivity index is 1.84. The first kappa shape index (κ1) is 24.6. The second-order valence-electron chi connectivity index (χ2n) is 8.06. The van der Waals surface area contributed by atoms with E-state index >= 15 is 0 Å². The van der Waals surface area contributed by atoms with E-state index in [2.05, 4.69) is 33.7 Å². The molecule has 0 fully saturated rings. The Labute approximate surface area is 219 Å². The Bertz CT molecular complexity index is 1410. The van der Waals surface area contributed by atoms with Crippen molar-refractivity contribution in [2.75, 3.05) is 13.7 Å². The van der Waals surface area contributed by atoms with Crippen LogP contribution in [0, 0.1) is 28.7 Å². The average Bonchev–Trinajstić information content (AvgIpc) is 3.23. The minimum absolute atomic E-state index is 0.265. The van der Waals surface area contributed by atoms with E-state index in [9.17, 15) is 5.26 Å². The second kappa shape index (κ2) is 10.8. The summed E-state index contributed by atoms with van der Waals surface area (Å²) in [7, 11) is 1.61. The van der Waals surface area contributed by atoms with Crippen LogP contribution in [0.15, 0.2) is 70.1 Å². The lowest BCUT2D eigenvalue weighted by Gasteiger charge is -2.11. The van der Waals surface area contributed by atoms with Crippen LogP contribution in [0.1, 0.15) is 29.2 Å².